The molecule has 3 aliphatic rings. The highest BCUT2D eigenvalue weighted by Crippen LogP contribution is 2.45. The minimum absolute atomic E-state index is 0.0561. The summed E-state index contributed by atoms with van der Waals surface area (Å²) in [5.41, 5.74) is 3.29. The third kappa shape index (κ3) is 3.79. The number of piperidine rings is 1. The maximum Gasteiger partial charge on any atom is 0.410 e. The van der Waals surface area contributed by atoms with E-state index in [9.17, 15) is 18.7 Å². The Bertz CT molecular complexity index is 1220. The molecule has 180 valence electrons. The molecule has 2 unspecified atom stereocenters. The average Bonchev–Trinajstić information content (AvgIpc) is 3.15. The van der Waals surface area contributed by atoms with Gasteiger partial charge in [-0.05, 0) is 39.9 Å². The van der Waals surface area contributed by atoms with Gasteiger partial charge in [-0.1, -0.05) is 48.5 Å². The second-order valence-electron chi connectivity index (χ2n) is 9.65. The second-order valence-corrected chi connectivity index (χ2v) is 9.65. The predicted molar refractivity (Wildman–Crippen MR) is 125 cm³/mol. The molecule has 35 heavy (non-hydrogen) atoms. The number of hydrogen-bond acceptors (Lipinski definition) is 4. The molecule has 0 saturated carbocycles. The predicted octanol–water partition coefficient (Wildman–Crippen LogP) is 4.96. The first-order valence-corrected chi connectivity index (χ1v) is 11.8. The summed E-state index contributed by atoms with van der Waals surface area (Å²) in [4.78, 5) is 14.9. The van der Waals surface area contributed by atoms with Crippen LogP contribution in [0.1, 0.15) is 35.4 Å². The number of aliphatic hydroxyl groups is 1. The Morgan fingerprint density at radius 3 is 2.06 bits per heavy atom. The molecular formula is C28H25F2NO4. The van der Waals surface area contributed by atoms with Gasteiger partial charge in [0.15, 0.2) is 0 Å². The molecule has 1 aliphatic carbocycles. The number of ether oxygens (including phenoxy) is 2. The van der Waals surface area contributed by atoms with Gasteiger partial charge in [0.1, 0.15) is 18.2 Å². The van der Waals surface area contributed by atoms with Crippen molar-refractivity contribution < 1.29 is 28.2 Å². The summed E-state index contributed by atoms with van der Waals surface area (Å²) in [6.07, 6.45) is -0.245. The fourth-order valence-electron chi connectivity index (χ4n) is 6.00. The van der Waals surface area contributed by atoms with Crippen LogP contribution in [0.5, 0.6) is 0 Å². The van der Waals surface area contributed by atoms with E-state index in [4.69, 9.17) is 9.47 Å². The monoisotopic (exact) mass is 477 g/mol. The van der Waals surface area contributed by atoms with Gasteiger partial charge in [0.05, 0.1) is 30.9 Å². The van der Waals surface area contributed by atoms with Crippen molar-refractivity contribution in [3.63, 3.8) is 0 Å². The van der Waals surface area contributed by atoms with Gasteiger partial charge < -0.3 is 14.6 Å². The first-order chi connectivity index (χ1) is 16.9. The number of rotatable bonds is 3. The summed E-state index contributed by atoms with van der Waals surface area (Å²) >= 11 is 0. The Morgan fingerprint density at radius 1 is 0.943 bits per heavy atom. The number of halogens is 2. The lowest BCUT2D eigenvalue weighted by molar-refractivity contribution is -0.136. The van der Waals surface area contributed by atoms with Crippen LogP contribution in [0.2, 0.25) is 0 Å². The largest absolute Gasteiger partial charge is 0.448 e. The zero-order valence-corrected chi connectivity index (χ0v) is 19.0. The van der Waals surface area contributed by atoms with Crippen LogP contribution in [0.3, 0.4) is 0 Å². The van der Waals surface area contributed by atoms with E-state index >= 15 is 0 Å². The molecular weight excluding hydrogens is 452 g/mol. The number of amides is 1. The number of nitrogens with zero attached hydrogens (tertiary/aromatic N) is 1. The van der Waals surface area contributed by atoms with Crippen LogP contribution >= 0.6 is 0 Å². The molecule has 0 spiro atoms. The topological polar surface area (TPSA) is 59.0 Å². The fraction of sp³-hybridized carbons (Fsp3) is 0.321. The average molecular weight is 478 g/mol. The Kier molecular flexibility index (Phi) is 5.34. The lowest BCUT2D eigenvalue weighted by atomic mass is 9.77. The molecule has 0 aromatic heterocycles. The van der Waals surface area contributed by atoms with Crippen molar-refractivity contribution in [1.29, 1.82) is 0 Å². The Morgan fingerprint density at radius 2 is 1.49 bits per heavy atom. The number of carbonyl (C=O) groups excluding carboxylic acids is 1. The molecule has 3 aromatic rings. The third-order valence-electron chi connectivity index (χ3n) is 7.50. The van der Waals surface area contributed by atoms with Crippen LogP contribution in [-0.2, 0) is 15.1 Å². The lowest BCUT2D eigenvalue weighted by Crippen LogP contribution is -2.62. The van der Waals surface area contributed by atoms with E-state index in [1.54, 1.807) is 4.90 Å². The zero-order chi connectivity index (χ0) is 24.2. The number of carbonyl (C=O) groups is 1. The van der Waals surface area contributed by atoms with Crippen molar-refractivity contribution in [1.82, 2.24) is 4.90 Å². The number of benzene rings is 3. The molecule has 2 saturated heterocycles. The van der Waals surface area contributed by atoms with E-state index in [1.807, 2.05) is 24.3 Å². The molecule has 6 rings (SSSR count). The summed E-state index contributed by atoms with van der Waals surface area (Å²) in [6.45, 7) is 0.643. The van der Waals surface area contributed by atoms with Crippen molar-refractivity contribution in [2.45, 2.75) is 36.4 Å². The van der Waals surface area contributed by atoms with Crippen molar-refractivity contribution in [2.75, 3.05) is 19.8 Å². The fourth-order valence-corrected chi connectivity index (χ4v) is 6.00. The van der Waals surface area contributed by atoms with E-state index < -0.39 is 35.4 Å². The first kappa shape index (κ1) is 22.2. The highest BCUT2D eigenvalue weighted by atomic mass is 19.1. The number of hydrogen-bond donors (Lipinski definition) is 1. The first-order valence-electron chi connectivity index (χ1n) is 11.8. The second kappa shape index (κ2) is 8.43. The van der Waals surface area contributed by atoms with E-state index in [1.165, 1.54) is 0 Å². The van der Waals surface area contributed by atoms with Gasteiger partial charge in [0.2, 0.25) is 0 Å². The molecule has 0 radical (unpaired) electrons. The number of morpholine rings is 1. The molecule has 1 N–H and O–H groups in total. The zero-order valence-electron chi connectivity index (χ0n) is 19.0. The van der Waals surface area contributed by atoms with Gasteiger partial charge in [0, 0.05) is 24.8 Å². The van der Waals surface area contributed by atoms with E-state index in [-0.39, 0.29) is 44.1 Å². The Labute approximate surface area is 201 Å². The Hall–Kier alpha value is -3.29. The van der Waals surface area contributed by atoms with Crippen molar-refractivity contribution in [3.8, 4) is 11.1 Å². The van der Waals surface area contributed by atoms with Gasteiger partial charge >= 0.3 is 6.09 Å². The summed E-state index contributed by atoms with van der Waals surface area (Å²) in [5, 5.41) is 11.4. The van der Waals surface area contributed by atoms with Crippen molar-refractivity contribution in [2.24, 2.45) is 0 Å². The third-order valence-corrected chi connectivity index (χ3v) is 7.50. The summed E-state index contributed by atoms with van der Waals surface area (Å²) in [5.74, 6) is -1.54. The molecule has 2 aliphatic heterocycles. The highest BCUT2D eigenvalue weighted by Gasteiger charge is 2.49. The van der Waals surface area contributed by atoms with Gasteiger partial charge in [-0.2, -0.15) is 0 Å². The molecule has 2 heterocycles. The minimum atomic E-state index is -1.46. The van der Waals surface area contributed by atoms with Gasteiger partial charge in [0.25, 0.3) is 0 Å². The van der Waals surface area contributed by atoms with E-state index in [0.29, 0.717) is 0 Å². The van der Waals surface area contributed by atoms with Crippen LogP contribution in [0.15, 0.2) is 66.7 Å². The summed E-state index contributed by atoms with van der Waals surface area (Å²) in [7, 11) is 0. The van der Waals surface area contributed by atoms with Crippen LogP contribution in [-0.4, -0.2) is 48.0 Å². The summed E-state index contributed by atoms with van der Waals surface area (Å²) < 4.78 is 39.2. The van der Waals surface area contributed by atoms with E-state index in [2.05, 4.69) is 24.3 Å². The van der Waals surface area contributed by atoms with Gasteiger partial charge in [-0.3, -0.25) is 4.90 Å². The number of fused-ring (bicyclic) bond motifs is 5. The maximum atomic E-state index is 13.8. The van der Waals surface area contributed by atoms with Crippen LogP contribution in [0.4, 0.5) is 13.6 Å². The molecule has 2 atom stereocenters. The summed E-state index contributed by atoms with van der Waals surface area (Å²) in [6, 6.07) is 18.4. The van der Waals surface area contributed by atoms with Gasteiger partial charge in [-0.25, -0.2) is 13.6 Å². The van der Waals surface area contributed by atoms with Crippen LogP contribution in [0.25, 0.3) is 11.1 Å². The highest BCUT2D eigenvalue weighted by molar-refractivity contribution is 5.79. The maximum absolute atomic E-state index is 13.8. The van der Waals surface area contributed by atoms with Crippen LogP contribution in [0, 0.1) is 11.6 Å². The van der Waals surface area contributed by atoms with Crippen molar-refractivity contribution in [3.05, 3.63) is 95.1 Å². The molecule has 3 aromatic carbocycles. The lowest BCUT2D eigenvalue weighted by Gasteiger charge is -2.51. The standard InChI is InChI=1S/C28H25F2NO4/c29-18-9-17(10-19(30)11-18)28(33)12-20-14-34-15-21(13-28)31(20)27(32)35-16-26-24-7-3-1-5-22(24)23-6-2-4-8-25(23)26/h1-11,20-21,26,33H,12-16H2. The molecule has 2 bridgehead atoms. The van der Waals surface area contributed by atoms with E-state index in [0.717, 1.165) is 40.5 Å². The molecule has 7 heteroatoms. The quantitative estimate of drug-likeness (QED) is 0.579. The van der Waals surface area contributed by atoms with Crippen LogP contribution < -0.4 is 0 Å². The van der Waals surface area contributed by atoms with Gasteiger partial charge in [-0.15, -0.1) is 0 Å². The normalized spacial score (nSPS) is 25.2. The molecule has 1 amide bonds. The smallest absolute Gasteiger partial charge is 0.410 e. The van der Waals surface area contributed by atoms with Crippen molar-refractivity contribution >= 4 is 6.09 Å². The minimum Gasteiger partial charge on any atom is -0.448 e. The SMILES string of the molecule is O=C(OCC1c2ccccc2-c2ccccc21)N1C2COCC1CC(O)(c1cc(F)cc(F)c1)C2. The molecule has 5 nitrogen and oxygen atoms in total. The Balaban J connectivity index is 1.21. The molecule has 2 fully saturated rings.